The van der Waals surface area contributed by atoms with Gasteiger partial charge in [-0.15, -0.1) is 0 Å². The number of nitrogens with zero attached hydrogens (tertiary/aromatic N) is 3. The molecule has 1 aromatic carbocycles. The van der Waals surface area contributed by atoms with Crippen molar-refractivity contribution in [3.63, 3.8) is 0 Å². The number of piperidine rings is 1. The van der Waals surface area contributed by atoms with Crippen molar-refractivity contribution in [3.8, 4) is 22.8 Å². The first-order valence-corrected chi connectivity index (χ1v) is 10.8. The third kappa shape index (κ3) is 4.51. The molecule has 0 spiro atoms. The zero-order chi connectivity index (χ0) is 19.6. The van der Waals surface area contributed by atoms with Gasteiger partial charge in [0.05, 0.1) is 5.69 Å². The smallest absolute Gasteiger partial charge is 0.274 e. The molecule has 0 unspecified atom stereocenters. The van der Waals surface area contributed by atoms with Crippen LogP contribution >= 0.6 is 0 Å². The number of anilines is 1. The monoisotopic (exact) mass is 405 g/mol. The molecule has 0 bridgehead atoms. The lowest BCUT2D eigenvalue weighted by atomic mass is 9.93. The summed E-state index contributed by atoms with van der Waals surface area (Å²) in [5, 5.41) is 4.97. The van der Waals surface area contributed by atoms with E-state index in [2.05, 4.69) is 19.6 Å². The van der Waals surface area contributed by atoms with Crippen LogP contribution in [0.15, 0.2) is 30.6 Å². The van der Waals surface area contributed by atoms with Crippen LogP contribution in [-0.4, -0.2) is 44.8 Å². The maximum atomic E-state index is 11.0. The molecule has 1 aromatic heterocycles. The summed E-state index contributed by atoms with van der Waals surface area (Å²) in [4.78, 5) is 11.1. The minimum absolute atomic E-state index is 0.246. The van der Waals surface area contributed by atoms with Gasteiger partial charge < -0.3 is 14.4 Å². The van der Waals surface area contributed by atoms with Crippen LogP contribution < -0.4 is 24.2 Å². The number of aromatic nitrogens is 2. The first-order chi connectivity index (χ1) is 13.5. The third-order valence-electron chi connectivity index (χ3n) is 5.12. The molecule has 0 saturated carbocycles. The molecular weight excluding hydrogens is 382 g/mol. The maximum Gasteiger partial charge on any atom is 0.274 e. The van der Waals surface area contributed by atoms with Crippen molar-refractivity contribution >= 4 is 16.0 Å². The van der Waals surface area contributed by atoms with Gasteiger partial charge in [0.1, 0.15) is 12.1 Å². The molecule has 0 amide bonds. The molecule has 0 aliphatic carbocycles. The molecule has 2 aromatic rings. The van der Waals surface area contributed by atoms with E-state index in [9.17, 15) is 8.42 Å². The van der Waals surface area contributed by atoms with Gasteiger partial charge in [-0.2, -0.15) is 8.42 Å². The molecule has 150 valence electrons. The Bertz CT molecular complexity index is 945. The number of nitrogens with one attached hydrogen (secondary N) is 1. The largest absolute Gasteiger partial charge is 0.454 e. The summed E-state index contributed by atoms with van der Waals surface area (Å²) in [7, 11) is -3.61. The van der Waals surface area contributed by atoms with Crippen molar-refractivity contribution in [1.82, 2.24) is 14.7 Å². The zero-order valence-corrected chi connectivity index (χ0v) is 16.2. The molecule has 1 saturated heterocycles. The molecule has 0 radical (unpaired) electrons. The zero-order valence-electron chi connectivity index (χ0n) is 15.4. The van der Waals surface area contributed by atoms with Crippen molar-refractivity contribution in [3.05, 3.63) is 30.6 Å². The minimum atomic E-state index is -3.61. The second-order valence-corrected chi connectivity index (χ2v) is 8.37. The Kier molecular flexibility index (Phi) is 5.33. The highest BCUT2D eigenvalue weighted by Gasteiger charge is 2.21. The summed E-state index contributed by atoms with van der Waals surface area (Å²) in [5.74, 6) is 2.84. The first kappa shape index (κ1) is 18.9. The topological polar surface area (TPSA) is 120 Å². The van der Waals surface area contributed by atoms with E-state index in [1.54, 1.807) is 6.33 Å². The summed E-state index contributed by atoms with van der Waals surface area (Å²) in [6.07, 6.45) is 4.33. The molecule has 0 atom stereocenters. The van der Waals surface area contributed by atoms with Crippen LogP contribution in [0.2, 0.25) is 0 Å². The molecule has 4 rings (SSSR count). The van der Waals surface area contributed by atoms with Gasteiger partial charge in [0, 0.05) is 31.3 Å². The van der Waals surface area contributed by atoms with Crippen LogP contribution in [0.1, 0.15) is 19.3 Å². The SMILES string of the molecule is NS(=O)(=O)NCCC1CCN(c2cc(-c3ccc4c(c3)OCO4)ncn2)CC1. The second-order valence-electron chi connectivity index (χ2n) is 6.99. The lowest BCUT2D eigenvalue weighted by Crippen LogP contribution is -2.36. The van der Waals surface area contributed by atoms with E-state index in [4.69, 9.17) is 14.6 Å². The lowest BCUT2D eigenvalue weighted by Gasteiger charge is -2.32. The van der Waals surface area contributed by atoms with E-state index in [0.717, 1.165) is 60.9 Å². The Labute approximate surface area is 164 Å². The number of nitrogens with two attached hydrogens (primary N) is 1. The summed E-state index contributed by atoms with van der Waals surface area (Å²) in [5.41, 5.74) is 1.79. The van der Waals surface area contributed by atoms with Gasteiger partial charge in [0.2, 0.25) is 6.79 Å². The van der Waals surface area contributed by atoms with Crippen LogP contribution in [0.4, 0.5) is 5.82 Å². The van der Waals surface area contributed by atoms with Gasteiger partial charge in [0.25, 0.3) is 10.2 Å². The highest BCUT2D eigenvalue weighted by Crippen LogP contribution is 2.36. The minimum Gasteiger partial charge on any atom is -0.454 e. The number of benzene rings is 1. The fraction of sp³-hybridized carbons (Fsp3) is 0.444. The van der Waals surface area contributed by atoms with Gasteiger partial charge >= 0.3 is 0 Å². The summed E-state index contributed by atoms with van der Waals surface area (Å²) < 4.78 is 35.1. The third-order valence-corrected chi connectivity index (χ3v) is 5.72. The fourth-order valence-electron chi connectivity index (χ4n) is 3.59. The maximum absolute atomic E-state index is 11.0. The number of fused-ring (bicyclic) bond motifs is 1. The number of ether oxygens (including phenoxy) is 2. The lowest BCUT2D eigenvalue weighted by molar-refractivity contribution is 0.174. The molecule has 10 heteroatoms. The average molecular weight is 405 g/mol. The van der Waals surface area contributed by atoms with E-state index in [1.807, 2.05) is 24.3 Å². The van der Waals surface area contributed by atoms with Crippen molar-refractivity contribution < 1.29 is 17.9 Å². The highest BCUT2D eigenvalue weighted by molar-refractivity contribution is 7.87. The second kappa shape index (κ2) is 7.90. The van der Waals surface area contributed by atoms with Gasteiger partial charge in [0.15, 0.2) is 11.5 Å². The Hall–Kier alpha value is -2.43. The van der Waals surface area contributed by atoms with Crippen LogP contribution in [0, 0.1) is 5.92 Å². The van der Waals surface area contributed by atoms with Crippen LogP contribution in [0.25, 0.3) is 11.3 Å². The van der Waals surface area contributed by atoms with Crippen molar-refractivity contribution in [2.45, 2.75) is 19.3 Å². The van der Waals surface area contributed by atoms with Gasteiger partial charge in [-0.25, -0.2) is 19.8 Å². The molecule has 3 N–H and O–H groups in total. The Morgan fingerprint density at radius 2 is 1.93 bits per heavy atom. The van der Waals surface area contributed by atoms with Crippen LogP contribution in [0.5, 0.6) is 11.5 Å². The number of hydrogen-bond donors (Lipinski definition) is 2. The fourth-order valence-corrected chi connectivity index (χ4v) is 3.99. The van der Waals surface area contributed by atoms with Crippen molar-refractivity contribution in [2.24, 2.45) is 11.1 Å². The Balaban J connectivity index is 1.38. The predicted molar refractivity (Wildman–Crippen MR) is 104 cm³/mol. The van der Waals surface area contributed by atoms with Crippen molar-refractivity contribution in [2.75, 3.05) is 31.3 Å². The molecule has 9 nitrogen and oxygen atoms in total. The molecule has 3 heterocycles. The normalized spacial score (nSPS) is 17.1. The van der Waals surface area contributed by atoms with E-state index in [0.29, 0.717) is 12.5 Å². The molecule has 28 heavy (non-hydrogen) atoms. The summed E-state index contributed by atoms with van der Waals surface area (Å²) in [6.45, 7) is 2.37. The van der Waals surface area contributed by atoms with Crippen molar-refractivity contribution in [1.29, 1.82) is 0 Å². The molecule has 2 aliphatic rings. The molecule has 2 aliphatic heterocycles. The number of rotatable bonds is 6. The van der Waals surface area contributed by atoms with E-state index in [1.165, 1.54) is 0 Å². The first-order valence-electron chi connectivity index (χ1n) is 9.22. The van der Waals surface area contributed by atoms with Gasteiger partial charge in [-0.05, 0) is 43.4 Å². The Morgan fingerprint density at radius 1 is 1.14 bits per heavy atom. The van der Waals surface area contributed by atoms with Gasteiger partial charge in [-0.3, -0.25) is 0 Å². The van der Waals surface area contributed by atoms with Gasteiger partial charge in [-0.1, -0.05) is 0 Å². The quantitative estimate of drug-likeness (QED) is 0.743. The Morgan fingerprint density at radius 3 is 2.71 bits per heavy atom. The number of hydrogen-bond acceptors (Lipinski definition) is 7. The van der Waals surface area contributed by atoms with E-state index >= 15 is 0 Å². The average Bonchev–Trinajstić information content (AvgIpc) is 3.15. The summed E-state index contributed by atoms with van der Waals surface area (Å²) in [6, 6.07) is 7.77. The van der Waals surface area contributed by atoms with Crippen LogP contribution in [-0.2, 0) is 10.2 Å². The van der Waals surface area contributed by atoms with Crippen LogP contribution in [0.3, 0.4) is 0 Å². The van der Waals surface area contributed by atoms with E-state index < -0.39 is 10.2 Å². The predicted octanol–water partition coefficient (Wildman–Crippen LogP) is 1.27. The summed E-state index contributed by atoms with van der Waals surface area (Å²) >= 11 is 0. The highest BCUT2D eigenvalue weighted by atomic mass is 32.2. The molecule has 1 fully saturated rings. The molecular formula is C18H23N5O4S. The van der Waals surface area contributed by atoms with E-state index in [-0.39, 0.29) is 6.79 Å². The standard InChI is InChI=1S/C18H23N5O4S/c19-28(24,25)22-6-3-13-4-7-23(8-5-13)18-10-15(20-11-21-18)14-1-2-16-17(9-14)27-12-26-16/h1-2,9-11,13,22H,3-8,12H2,(H2,19,24,25).